The van der Waals surface area contributed by atoms with Crippen LogP contribution in [0.25, 0.3) is 6.08 Å². The minimum absolute atomic E-state index is 0.0535. The number of ketones is 1. The molecule has 24 heavy (non-hydrogen) atoms. The molecule has 0 radical (unpaired) electrons. The predicted molar refractivity (Wildman–Crippen MR) is 94.7 cm³/mol. The number of fused-ring (bicyclic) bond motifs is 1. The molecule has 6 nitrogen and oxygen atoms in total. The molecule has 1 aliphatic heterocycles. The number of carbonyl (C=O) groups excluding carboxylic acids is 2. The van der Waals surface area contributed by atoms with Crippen LogP contribution in [-0.2, 0) is 17.9 Å². The van der Waals surface area contributed by atoms with Gasteiger partial charge in [0, 0.05) is 13.1 Å². The van der Waals surface area contributed by atoms with E-state index >= 15 is 0 Å². The number of rotatable bonds is 4. The Morgan fingerprint density at radius 3 is 2.54 bits per heavy atom. The highest BCUT2D eigenvalue weighted by molar-refractivity contribution is 5.97. The summed E-state index contributed by atoms with van der Waals surface area (Å²) in [4.78, 5) is 31.4. The molecule has 0 fully saturated rings. The topological polar surface area (TPSA) is 67.2 Å². The molecule has 2 rings (SSSR count). The third-order valence-corrected chi connectivity index (χ3v) is 4.39. The molecule has 1 N–H and O–H groups in total. The van der Waals surface area contributed by atoms with Gasteiger partial charge in [-0.3, -0.25) is 9.59 Å². The average Bonchev–Trinajstić information content (AvgIpc) is 2.69. The van der Waals surface area contributed by atoms with E-state index in [9.17, 15) is 9.59 Å². The zero-order chi connectivity index (χ0) is 18.1. The monoisotopic (exact) mass is 332 g/mol. The maximum Gasteiger partial charge on any atom is 0.272 e. The highest BCUT2D eigenvalue weighted by atomic mass is 16.2. The Hall–Kier alpha value is -1.95. The average molecular weight is 332 g/mol. The Bertz CT molecular complexity index is 655. The number of nitrogens with zero attached hydrogens (tertiary/aromatic N) is 3. The second-order valence-corrected chi connectivity index (χ2v) is 7.60. The summed E-state index contributed by atoms with van der Waals surface area (Å²) >= 11 is 0. The summed E-state index contributed by atoms with van der Waals surface area (Å²) in [6.07, 6.45) is 2.68. The van der Waals surface area contributed by atoms with Gasteiger partial charge in [-0.15, -0.1) is 0 Å². The molecular weight excluding hydrogens is 304 g/mol. The fourth-order valence-corrected chi connectivity index (χ4v) is 3.21. The Morgan fingerprint density at radius 2 is 2.00 bits per heavy atom. The molecule has 6 heteroatoms. The van der Waals surface area contributed by atoms with Gasteiger partial charge >= 0.3 is 0 Å². The molecule has 132 valence electrons. The standard InChI is InChI=1S/C18H28N4O2/c1-7-14-19-15(13-11-21(6)9-8-10-22(13)14)17(24)20-16(12(2)23)18(3,4)5/h7,16H,1,8-11H2,2-6H3,(H,20,24). The zero-order valence-corrected chi connectivity index (χ0v) is 15.3. The van der Waals surface area contributed by atoms with Crippen LogP contribution in [-0.4, -0.2) is 45.8 Å². The first kappa shape index (κ1) is 18.4. The first-order chi connectivity index (χ1) is 11.1. The molecule has 1 unspecified atom stereocenters. The quantitative estimate of drug-likeness (QED) is 0.917. The van der Waals surface area contributed by atoms with Crippen molar-refractivity contribution in [3.05, 3.63) is 23.8 Å². The van der Waals surface area contributed by atoms with Crippen molar-refractivity contribution in [3.63, 3.8) is 0 Å². The molecule has 0 spiro atoms. The highest BCUT2D eigenvalue weighted by Crippen LogP contribution is 2.23. The summed E-state index contributed by atoms with van der Waals surface area (Å²) in [6.45, 7) is 13.6. The summed E-state index contributed by atoms with van der Waals surface area (Å²) in [5.41, 5.74) is 0.934. The summed E-state index contributed by atoms with van der Waals surface area (Å²) < 4.78 is 2.06. The molecule has 2 heterocycles. The number of carbonyl (C=O) groups is 2. The second-order valence-electron chi connectivity index (χ2n) is 7.60. The number of nitrogens with one attached hydrogen (secondary N) is 1. The van der Waals surface area contributed by atoms with Gasteiger partial charge in [-0.25, -0.2) is 4.98 Å². The fraction of sp³-hybridized carbons (Fsp3) is 0.611. The third-order valence-electron chi connectivity index (χ3n) is 4.39. The number of amides is 1. The Kier molecular flexibility index (Phi) is 5.28. The molecule has 0 saturated carbocycles. The van der Waals surface area contributed by atoms with Gasteiger partial charge in [-0.1, -0.05) is 27.4 Å². The van der Waals surface area contributed by atoms with Crippen molar-refractivity contribution < 1.29 is 9.59 Å². The van der Waals surface area contributed by atoms with Crippen LogP contribution in [0.4, 0.5) is 0 Å². The van der Waals surface area contributed by atoms with E-state index < -0.39 is 6.04 Å². The number of hydrogen-bond donors (Lipinski definition) is 1. The number of hydrogen-bond acceptors (Lipinski definition) is 4. The van der Waals surface area contributed by atoms with E-state index in [1.54, 1.807) is 6.08 Å². The van der Waals surface area contributed by atoms with Gasteiger partial charge in [0.1, 0.15) is 5.82 Å². The minimum atomic E-state index is -0.543. The van der Waals surface area contributed by atoms with Crippen LogP contribution in [0.1, 0.15) is 56.1 Å². The lowest BCUT2D eigenvalue weighted by atomic mass is 9.84. The summed E-state index contributed by atoms with van der Waals surface area (Å²) in [7, 11) is 2.03. The van der Waals surface area contributed by atoms with Gasteiger partial charge in [0.2, 0.25) is 0 Å². The second kappa shape index (κ2) is 6.89. The van der Waals surface area contributed by atoms with Crippen molar-refractivity contribution in [2.45, 2.75) is 53.2 Å². The van der Waals surface area contributed by atoms with Gasteiger partial charge in [0.25, 0.3) is 5.91 Å². The molecule has 0 saturated heterocycles. The Morgan fingerprint density at radius 1 is 1.33 bits per heavy atom. The molecule has 1 aromatic rings. The summed E-state index contributed by atoms with van der Waals surface area (Å²) in [5.74, 6) is 0.361. The van der Waals surface area contributed by atoms with Crippen molar-refractivity contribution in [1.29, 1.82) is 0 Å². The molecule has 1 aromatic heterocycles. The van der Waals surface area contributed by atoms with E-state index in [1.165, 1.54) is 6.92 Å². The number of imidazole rings is 1. The van der Waals surface area contributed by atoms with Crippen molar-refractivity contribution in [2.24, 2.45) is 5.41 Å². The Balaban J connectivity index is 2.38. The van der Waals surface area contributed by atoms with Crippen molar-refractivity contribution in [2.75, 3.05) is 13.6 Å². The molecule has 0 aliphatic carbocycles. The SMILES string of the molecule is C=Cc1nc(C(=O)NC(C(C)=O)C(C)(C)C)c2n1CCCN(C)C2. The summed E-state index contributed by atoms with van der Waals surface area (Å²) in [5, 5.41) is 2.88. The molecule has 1 aliphatic rings. The lowest BCUT2D eigenvalue weighted by molar-refractivity contribution is -0.121. The maximum atomic E-state index is 12.8. The van der Waals surface area contributed by atoms with Crippen molar-refractivity contribution >= 4 is 17.8 Å². The smallest absolute Gasteiger partial charge is 0.272 e. The van der Waals surface area contributed by atoms with E-state index in [-0.39, 0.29) is 17.1 Å². The number of aromatic nitrogens is 2. The van der Waals surface area contributed by atoms with E-state index in [2.05, 4.69) is 26.3 Å². The van der Waals surface area contributed by atoms with E-state index in [0.29, 0.717) is 18.1 Å². The normalized spacial score (nSPS) is 16.9. The molecule has 0 bridgehead atoms. The maximum absolute atomic E-state index is 12.8. The van der Waals surface area contributed by atoms with E-state index in [4.69, 9.17) is 0 Å². The van der Waals surface area contributed by atoms with Crippen LogP contribution in [0.3, 0.4) is 0 Å². The largest absolute Gasteiger partial charge is 0.340 e. The fourth-order valence-electron chi connectivity index (χ4n) is 3.21. The van der Waals surface area contributed by atoms with Gasteiger partial charge in [-0.05, 0) is 38.4 Å². The van der Waals surface area contributed by atoms with Gasteiger partial charge in [-0.2, -0.15) is 0 Å². The predicted octanol–water partition coefficient (Wildman–Crippen LogP) is 2.10. The zero-order valence-electron chi connectivity index (χ0n) is 15.3. The van der Waals surface area contributed by atoms with Crippen LogP contribution in [0.15, 0.2) is 6.58 Å². The third kappa shape index (κ3) is 3.75. The van der Waals surface area contributed by atoms with Gasteiger partial charge < -0.3 is 14.8 Å². The molecular formula is C18H28N4O2. The molecule has 1 amide bonds. The minimum Gasteiger partial charge on any atom is -0.340 e. The van der Waals surface area contributed by atoms with Crippen LogP contribution < -0.4 is 5.32 Å². The van der Waals surface area contributed by atoms with Crippen molar-refractivity contribution in [3.8, 4) is 0 Å². The Labute approximate surface area is 143 Å². The van der Waals surface area contributed by atoms with Crippen molar-refractivity contribution in [1.82, 2.24) is 19.8 Å². The van der Waals surface area contributed by atoms with Gasteiger partial charge in [0.15, 0.2) is 11.5 Å². The first-order valence-electron chi connectivity index (χ1n) is 8.37. The van der Waals surface area contributed by atoms with Crippen LogP contribution >= 0.6 is 0 Å². The van der Waals surface area contributed by atoms with Gasteiger partial charge in [0.05, 0.1) is 11.7 Å². The lowest BCUT2D eigenvalue weighted by Gasteiger charge is -2.29. The molecule has 0 aromatic carbocycles. The number of Topliss-reactive ketones (excluding diaryl/α,β-unsaturated/α-hetero) is 1. The van der Waals surface area contributed by atoms with Crippen LogP contribution in [0, 0.1) is 5.41 Å². The first-order valence-corrected chi connectivity index (χ1v) is 8.37. The van der Waals surface area contributed by atoms with E-state index in [0.717, 1.165) is 25.2 Å². The summed E-state index contributed by atoms with van der Waals surface area (Å²) in [6, 6.07) is -0.543. The van der Waals surface area contributed by atoms with Crippen LogP contribution in [0.2, 0.25) is 0 Å². The highest BCUT2D eigenvalue weighted by Gasteiger charge is 2.32. The van der Waals surface area contributed by atoms with E-state index in [1.807, 2.05) is 27.8 Å². The molecule has 1 atom stereocenters. The van der Waals surface area contributed by atoms with Crippen LogP contribution in [0.5, 0.6) is 0 Å². The lowest BCUT2D eigenvalue weighted by Crippen LogP contribution is -2.48.